The molecule has 3 N–H and O–H groups in total. The van der Waals surface area contributed by atoms with Crippen LogP contribution in [0, 0.1) is 0 Å². The van der Waals surface area contributed by atoms with Crippen LogP contribution in [0.5, 0.6) is 0 Å². The predicted octanol–water partition coefficient (Wildman–Crippen LogP) is 4.81. The first-order valence-corrected chi connectivity index (χ1v) is 10.8. The molecule has 3 rings (SSSR count). The summed E-state index contributed by atoms with van der Waals surface area (Å²) >= 11 is 0. The maximum atomic E-state index is 11.8. The Bertz CT molecular complexity index is 1020. The SMILES string of the molecule is CCCCc1nc2c(N)nc3ccccc3c2n1CCCCNC(=O)OC(C)(C)C. The van der Waals surface area contributed by atoms with E-state index in [4.69, 9.17) is 15.5 Å². The largest absolute Gasteiger partial charge is 0.444 e. The van der Waals surface area contributed by atoms with E-state index in [0.29, 0.717) is 12.4 Å². The minimum Gasteiger partial charge on any atom is -0.444 e. The first-order valence-electron chi connectivity index (χ1n) is 10.8. The third-order valence-electron chi connectivity index (χ3n) is 4.92. The number of para-hydroxylation sites is 1. The van der Waals surface area contributed by atoms with Crippen LogP contribution in [0.3, 0.4) is 0 Å². The van der Waals surface area contributed by atoms with Gasteiger partial charge in [-0.1, -0.05) is 31.5 Å². The predicted molar refractivity (Wildman–Crippen MR) is 122 cm³/mol. The van der Waals surface area contributed by atoms with E-state index in [0.717, 1.165) is 66.4 Å². The zero-order valence-corrected chi connectivity index (χ0v) is 18.5. The van der Waals surface area contributed by atoms with Gasteiger partial charge in [0.2, 0.25) is 0 Å². The summed E-state index contributed by atoms with van der Waals surface area (Å²) in [6.07, 6.45) is 4.49. The van der Waals surface area contributed by atoms with Gasteiger partial charge in [-0.3, -0.25) is 0 Å². The minimum absolute atomic E-state index is 0.371. The number of amides is 1. The molecule has 0 saturated carbocycles. The number of anilines is 1. The second kappa shape index (κ2) is 9.32. The molecular formula is C23H33N5O2. The van der Waals surface area contributed by atoms with E-state index >= 15 is 0 Å². The van der Waals surface area contributed by atoms with Crippen molar-refractivity contribution in [3.05, 3.63) is 30.1 Å². The van der Waals surface area contributed by atoms with Crippen molar-refractivity contribution in [3.63, 3.8) is 0 Å². The van der Waals surface area contributed by atoms with Crippen LogP contribution in [-0.4, -0.2) is 32.8 Å². The molecule has 2 heterocycles. The van der Waals surface area contributed by atoms with E-state index in [1.165, 1.54) is 0 Å². The molecule has 0 fully saturated rings. The normalized spacial score (nSPS) is 11.9. The number of aromatic nitrogens is 3. The van der Waals surface area contributed by atoms with Crippen LogP contribution in [0.2, 0.25) is 0 Å². The fourth-order valence-corrected chi connectivity index (χ4v) is 3.57. The second-order valence-corrected chi connectivity index (χ2v) is 8.63. The molecule has 0 radical (unpaired) electrons. The number of unbranched alkanes of at least 4 members (excludes halogenated alkanes) is 2. The Morgan fingerprint density at radius 2 is 1.93 bits per heavy atom. The summed E-state index contributed by atoms with van der Waals surface area (Å²) in [7, 11) is 0. The molecule has 0 spiro atoms. The monoisotopic (exact) mass is 411 g/mol. The highest BCUT2D eigenvalue weighted by molar-refractivity contribution is 6.06. The van der Waals surface area contributed by atoms with Gasteiger partial charge in [-0.15, -0.1) is 0 Å². The molecule has 0 aliphatic rings. The molecule has 2 aromatic heterocycles. The van der Waals surface area contributed by atoms with Crippen LogP contribution >= 0.6 is 0 Å². The van der Waals surface area contributed by atoms with Crippen molar-refractivity contribution < 1.29 is 9.53 Å². The topological polar surface area (TPSA) is 95.1 Å². The second-order valence-electron chi connectivity index (χ2n) is 8.63. The number of carbonyl (C=O) groups excluding carboxylic acids is 1. The van der Waals surface area contributed by atoms with Gasteiger partial charge >= 0.3 is 6.09 Å². The van der Waals surface area contributed by atoms with Crippen molar-refractivity contribution >= 4 is 33.8 Å². The molecule has 0 aliphatic carbocycles. The number of hydrogen-bond acceptors (Lipinski definition) is 5. The highest BCUT2D eigenvalue weighted by Gasteiger charge is 2.17. The number of nitrogens with zero attached hydrogens (tertiary/aromatic N) is 3. The van der Waals surface area contributed by atoms with Crippen molar-refractivity contribution in [1.82, 2.24) is 19.9 Å². The van der Waals surface area contributed by atoms with E-state index in [9.17, 15) is 4.79 Å². The number of nitrogens with two attached hydrogens (primary N) is 1. The number of rotatable bonds is 8. The van der Waals surface area contributed by atoms with Gasteiger partial charge in [-0.25, -0.2) is 14.8 Å². The summed E-state index contributed by atoms with van der Waals surface area (Å²) in [5.74, 6) is 1.53. The molecule has 0 unspecified atom stereocenters. The molecule has 0 bridgehead atoms. The molecule has 3 aromatic rings. The van der Waals surface area contributed by atoms with Crippen LogP contribution in [0.25, 0.3) is 21.9 Å². The Hall–Kier alpha value is -2.83. The van der Waals surface area contributed by atoms with Gasteiger partial charge in [-0.2, -0.15) is 0 Å². The summed E-state index contributed by atoms with van der Waals surface area (Å²) in [6.45, 7) is 9.16. The van der Waals surface area contributed by atoms with E-state index in [1.807, 2.05) is 39.0 Å². The Kier molecular flexibility index (Phi) is 6.80. The quantitative estimate of drug-likeness (QED) is 0.519. The number of benzene rings is 1. The van der Waals surface area contributed by atoms with Gasteiger partial charge < -0.3 is 20.4 Å². The maximum Gasteiger partial charge on any atom is 0.407 e. The van der Waals surface area contributed by atoms with Gasteiger partial charge in [-0.05, 0) is 46.1 Å². The number of imidazole rings is 1. The van der Waals surface area contributed by atoms with Crippen molar-refractivity contribution in [1.29, 1.82) is 0 Å². The number of fused-ring (bicyclic) bond motifs is 3. The van der Waals surface area contributed by atoms with Crippen LogP contribution in [0.4, 0.5) is 10.6 Å². The maximum absolute atomic E-state index is 11.8. The minimum atomic E-state index is -0.483. The lowest BCUT2D eigenvalue weighted by molar-refractivity contribution is 0.0527. The van der Waals surface area contributed by atoms with E-state index in [1.54, 1.807) is 0 Å². The molecular weight excluding hydrogens is 378 g/mol. The fourth-order valence-electron chi connectivity index (χ4n) is 3.57. The molecule has 1 aromatic carbocycles. The number of nitrogen functional groups attached to an aromatic ring is 1. The number of aryl methyl sites for hydroxylation is 2. The summed E-state index contributed by atoms with van der Waals surface area (Å²) in [5.41, 5.74) is 8.49. The molecule has 30 heavy (non-hydrogen) atoms. The lowest BCUT2D eigenvalue weighted by Gasteiger charge is -2.19. The van der Waals surface area contributed by atoms with Gasteiger partial charge in [0.05, 0.1) is 11.0 Å². The molecule has 0 saturated heterocycles. The molecule has 7 nitrogen and oxygen atoms in total. The Labute approximate surface area is 178 Å². The summed E-state index contributed by atoms with van der Waals surface area (Å²) in [4.78, 5) is 21.2. The standard InChI is InChI=1S/C23H33N5O2/c1-5-6-13-18-27-19-20(16-11-7-8-12-17(16)26-21(19)24)28(18)15-10-9-14-25-22(29)30-23(2,3)4/h7-8,11-12H,5-6,9-10,13-15H2,1-4H3,(H2,24,26)(H,25,29). The lowest BCUT2D eigenvalue weighted by atomic mass is 10.2. The fraction of sp³-hybridized carbons (Fsp3) is 0.522. The Morgan fingerprint density at radius 3 is 2.67 bits per heavy atom. The first-order chi connectivity index (χ1) is 14.3. The number of nitrogens with one attached hydrogen (secondary N) is 1. The van der Waals surface area contributed by atoms with Crippen molar-refractivity contribution in [2.75, 3.05) is 12.3 Å². The molecule has 0 atom stereocenters. The van der Waals surface area contributed by atoms with Crippen LogP contribution in [0.1, 0.15) is 59.2 Å². The molecule has 0 aliphatic heterocycles. The van der Waals surface area contributed by atoms with Crippen molar-refractivity contribution in [2.24, 2.45) is 0 Å². The number of pyridine rings is 1. The van der Waals surface area contributed by atoms with Gasteiger partial charge in [0.25, 0.3) is 0 Å². The highest BCUT2D eigenvalue weighted by atomic mass is 16.6. The van der Waals surface area contributed by atoms with Gasteiger partial charge in [0.1, 0.15) is 16.9 Å². The summed E-state index contributed by atoms with van der Waals surface area (Å²) in [5, 5.41) is 3.90. The Balaban J connectivity index is 1.77. The number of alkyl carbamates (subject to hydrolysis) is 1. The number of carbonyl (C=O) groups is 1. The lowest BCUT2D eigenvalue weighted by Crippen LogP contribution is -2.33. The zero-order chi connectivity index (χ0) is 21.7. The number of hydrogen-bond donors (Lipinski definition) is 2. The summed E-state index contributed by atoms with van der Waals surface area (Å²) in [6, 6.07) is 8.06. The van der Waals surface area contributed by atoms with Crippen molar-refractivity contribution in [2.45, 2.75) is 71.9 Å². The number of ether oxygens (including phenoxy) is 1. The average molecular weight is 412 g/mol. The highest BCUT2D eigenvalue weighted by Crippen LogP contribution is 2.29. The summed E-state index contributed by atoms with van der Waals surface area (Å²) < 4.78 is 7.58. The Morgan fingerprint density at radius 1 is 1.17 bits per heavy atom. The third kappa shape index (κ3) is 5.20. The van der Waals surface area contributed by atoms with E-state index in [-0.39, 0.29) is 6.09 Å². The van der Waals surface area contributed by atoms with Crippen LogP contribution in [-0.2, 0) is 17.7 Å². The third-order valence-corrected chi connectivity index (χ3v) is 4.92. The van der Waals surface area contributed by atoms with Crippen LogP contribution < -0.4 is 11.1 Å². The van der Waals surface area contributed by atoms with Crippen molar-refractivity contribution in [3.8, 4) is 0 Å². The zero-order valence-electron chi connectivity index (χ0n) is 18.5. The van der Waals surface area contributed by atoms with Crippen LogP contribution in [0.15, 0.2) is 24.3 Å². The average Bonchev–Trinajstić information content (AvgIpc) is 3.04. The molecule has 1 amide bonds. The molecule has 7 heteroatoms. The van der Waals surface area contributed by atoms with E-state index in [2.05, 4.69) is 27.9 Å². The van der Waals surface area contributed by atoms with E-state index < -0.39 is 5.60 Å². The molecule has 162 valence electrons. The smallest absolute Gasteiger partial charge is 0.407 e. The first kappa shape index (κ1) is 21.9. The van der Waals surface area contributed by atoms with Gasteiger partial charge in [0.15, 0.2) is 5.82 Å². The van der Waals surface area contributed by atoms with Gasteiger partial charge in [0, 0.05) is 24.9 Å².